The first-order valence-corrected chi connectivity index (χ1v) is 7.31. The molecule has 1 aromatic heterocycles. The first kappa shape index (κ1) is 13.5. The molecule has 0 fully saturated rings. The Morgan fingerprint density at radius 2 is 2.00 bits per heavy atom. The van der Waals surface area contributed by atoms with E-state index < -0.39 is 0 Å². The highest BCUT2D eigenvalue weighted by atomic mass is 127. The molecule has 0 N–H and O–H groups in total. The van der Waals surface area contributed by atoms with Gasteiger partial charge in [-0.05, 0) is 31.2 Å². The van der Waals surface area contributed by atoms with Crippen LogP contribution in [0.25, 0.3) is 0 Å². The smallest absolute Gasteiger partial charge is 0.254 e. The molecule has 0 radical (unpaired) electrons. The van der Waals surface area contributed by atoms with Gasteiger partial charge in [0.2, 0.25) is 0 Å². The highest BCUT2D eigenvalue weighted by Gasteiger charge is 2.31. The van der Waals surface area contributed by atoms with Crippen molar-refractivity contribution in [1.29, 1.82) is 0 Å². The van der Waals surface area contributed by atoms with Gasteiger partial charge in [0.1, 0.15) is 5.82 Å². The zero-order valence-corrected chi connectivity index (χ0v) is 12.9. The summed E-state index contributed by atoms with van der Waals surface area (Å²) >= 11 is 2.13. The van der Waals surface area contributed by atoms with Gasteiger partial charge >= 0.3 is 0 Å². The molecule has 0 aliphatic carbocycles. The van der Waals surface area contributed by atoms with Gasteiger partial charge in [-0.2, -0.15) is 0 Å². The fourth-order valence-corrected chi connectivity index (χ4v) is 2.98. The Hall–Kier alpha value is -1.51. The number of halogens is 2. The fraction of sp³-hybridized carbons (Fsp3) is 0.308. The molecule has 104 valence electrons. The average Bonchev–Trinajstić information content (AvgIpc) is 2.82. The van der Waals surface area contributed by atoms with Crippen LogP contribution in [-0.4, -0.2) is 32.1 Å². The quantitative estimate of drug-likeness (QED) is 0.707. The highest BCUT2D eigenvalue weighted by Crippen LogP contribution is 2.26. The number of benzene rings is 1. The Bertz CT molecular complexity index is 655. The normalized spacial score (nSPS) is 17.9. The number of carbonyl (C=O) groups excluding carboxylic acids is 1. The van der Waals surface area contributed by atoms with Crippen molar-refractivity contribution in [1.82, 2.24) is 19.7 Å². The summed E-state index contributed by atoms with van der Waals surface area (Å²) in [5, 5.41) is 8.17. The van der Waals surface area contributed by atoms with Crippen LogP contribution in [0, 0.1) is 9.65 Å². The Kier molecular flexibility index (Phi) is 3.45. The topological polar surface area (TPSA) is 51.0 Å². The zero-order chi connectivity index (χ0) is 14.3. The van der Waals surface area contributed by atoms with Crippen molar-refractivity contribution in [2.75, 3.05) is 6.54 Å². The van der Waals surface area contributed by atoms with Crippen molar-refractivity contribution >= 4 is 28.5 Å². The largest absolute Gasteiger partial charge is 0.327 e. The number of hydrogen-bond acceptors (Lipinski definition) is 3. The molecule has 3 rings (SSSR count). The lowest BCUT2D eigenvalue weighted by Gasteiger charge is -2.33. The van der Waals surface area contributed by atoms with E-state index in [2.05, 4.69) is 32.8 Å². The molecule has 0 saturated heterocycles. The summed E-state index contributed by atoms with van der Waals surface area (Å²) in [6, 6.07) is 5.47. The van der Waals surface area contributed by atoms with E-state index in [4.69, 9.17) is 0 Å². The maximum Gasteiger partial charge on any atom is 0.254 e. The lowest BCUT2D eigenvalue weighted by Crippen LogP contribution is -2.41. The first-order chi connectivity index (χ1) is 9.58. The van der Waals surface area contributed by atoms with E-state index in [0.29, 0.717) is 18.7 Å². The second-order valence-corrected chi connectivity index (χ2v) is 5.63. The Labute approximate surface area is 128 Å². The molecule has 0 saturated carbocycles. The predicted molar refractivity (Wildman–Crippen MR) is 78.6 cm³/mol. The van der Waals surface area contributed by atoms with Crippen molar-refractivity contribution in [3.63, 3.8) is 0 Å². The standard InChI is InChI=1S/C13H12FIN4O/c1-8-11-16-17-13(15)19(11)7-6-18(8)12(20)9-2-4-10(14)5-3-9/h2-5,8H,6-7H2,1H3/t8-/m1/s1. The molecule has 2 aromatic rings. The van der Waals surface area contributed by atoms with Crippen molar-refractivity contribution in [3.05, 3.63) is 45.3 Å². The van der Waals surface area contributed by atoms with Crippen LogP contribution in [0.2, 0.25) is 0 Å². The van der Waals surface area contributed by atoms with Gasteiger partial charge in [-0.1, -0.05) is 0 Å². The van der Waals surface area contributed by atoms with Crippen molar-refractivity contribution in [3.8, 4) is 0 Å². The molecule has 20 heavy (non-hydrogen) atoms. The molecule has 7 heteroatoms. The second kappa shape index (κ2) is 5.12. The minimum Gasteiger partial charge on any atom is -0.327 e. The molecular weight excluding hydrogens is 374 g/mol. The number of aromatic nitrogens is 3. The van der Waals surface area contributed by atoms with Gasteiger partial charge in [-0.3, -0.25) is 4.79 Å². The molecule has 1 atom stereocenters. The van der Waals surface area contributed by atoms with E-state index >= 15 is 0 Å². The maximum absolute atomic E-state index is 12.9. The third kappa shape index (κ3) is 2.19. The van der Waals surface area contributed by atoms with Gasteiger partial charge in [0.25, 0.3) is 5.91 Å². The maximum atomic E-state index is 12.9. The lowest BCUT2D eigenvalue weighted by atomic mass is 10.1. The van der Waals surface area contributed by atoms with Gasteiger partial charge in [-0.15, -0.1) is 10.2 Å². The second-order valence-electron chi connectivity index (χ2n) is 4.66. The van der Waals surface area contributed by atoms with Crippen LogP contribution in [0.4, 0.5) is 4.39 Å². The number of carbonyl (C=O) groups is 1. The third-order valence-electron chi connectivity index (χ3n) is 3.49. The van der Waals surface area contributed by atoms with Crippen LogP contribution < -0.4 is 0 Å². The minimum atomic E-state index is -0.345. The van der Waals surface area contributed by atoms with E-state index in [1.807, 2.05) is 11.5 Å². The van der Waals surface area contributed by atoms with Crippen molar-refractivity contribution in [2.45, 2.75) is 19.5 Å². The molecule has 5 nitrogen and oxygen atoms in total. The number of fused-ring (bicyclic) bond motifs is 1. The van der Waals surface area contributed by atoms with Gasteiger partial charge in [-0.25, -0.2) is 4.39 Å². The third-order valence-corrected chi connectivity index (χ3v) is 4.29. The van der Waals surface area contributed by atoms with Crippen LogP contribution in [0.3, 0.4) is 0 Å². The van der Waals surface area contributed by atoms with Crippen LogP contribution >= 0.6 is 22.6 Å². The first-order valence-electron chi connectivity index (χ1n) is 6.23. The molecule has 1 aliphatic heterocycles. The molecule has 0 bridgehead atoms. The monoisotopic (exact) mass is 386 g/mol. The predicted octanol–water partition coefficient (Wildman–Crippen LogP) is 2.24. The molecule has 1 aliphatic rings. The highest BCUT2D eigenvalue weighted by molar-refractivity contribution is 14.1. The number of nitrogens with zero attached hydrogens (tertiary/aromatic N) is 4. The molecular formula is C13H12FIN4O. The molecule has 0 unspecified atom stereocenters. The summed E-state index contributed by atoms with van der Waals surface area (Å²) in [7, 11) is 0. The Morgan fingerprint density at radius 1 is 1.30 bits per heavy atom. The number of rotatable bonds is 1. The molecule has 1 amide bonds. The van der Waals surface area contributed by atoms with Crippen molar-refractivity contribution in [2.24, 2.45) is 0 Å². The van der Waals surface area contributed by atoms with Crippen LogP contribution in [-0.2, 0) is 6.54 Å². The van der Waals surface area contributed by atoms with Crippen LogP contribution in [0.15, 0.2) is 24.3 Å². The summed E-state index contributed by atoms with van der Waals surface area (Å²) in [6.45, 7) is 3.20. The van der Waals surface area contributed by atoms with Crippen molar-refractivity contribution < 1.29 is 9.18 Å². The van der Waals surface area contributed by atoms with Crippen LogP contribution in [0.5, 0.6) is 0 Å². The van der Waals surface area contributed by atoms with Gasteiger partial charge in [0.05, 0.1) is 6.04 Å². The van der Waals surface area contributed by atoms with E-state index in [0.717, 1.165) is 9.66 Å². The lowest BCUT2D eigenvalue weighted by molar-refractivity contribution is 0.0636. The van der Waals surface area contributed by atoms with E-state index in [1.165, 1.54) is 24.3 Å². The Morgan fingerprint density at radius 3 is 2.70 bits per heavy atom. The fourth-order valence-electron chi connectivity index (χ4n) is 2.39. The zero-order valence-electron chi connectivity index (χ0n) is 10.8. The number of hydrogen-bond donors (Lipinski definition) is 0. The van der Waals surface area contributed by atoms with E-state index in [1.54, 1.807) is 4.90 Å². The minimum absolute atomic E-state index is 0.109. The van der Waals surface area contributed by atoms with Gasteiger partial charge < -0.3 is 9.47 Å². The summed E-state index contributed by atoms with van der Waals surface area (Å²) in [5.41, 5.74) is 0.487. The molecule has 1 aromatic carbocycles. The van der Waals surface area contributed by atoms with E-state index in [9.17, 15) is 9.18 Å². The Balaban J connectivity index is 1.88. The summed E-state index contributed by atoms with van der Waals surface area (Å²) in [4.78, 5) is 14.2. The van der Waals surface area contributed by atoms with Gasteiger partial charge in [0.15, 0.2) is 9.66 Å². The summed E-state index contributed by atoms with van der Waals surface area (Å²) in [6.07, 6.45) is 0. The molecule has 0 spiro atoms. The SMILES string of the molecule is C[C@@H]1c2nnc(I)n2CCN1C(=O)c1ccc(F)cc1. The van der Waals surface area contributed by atoms with E-state index in [-0.39, 0.29) is 17.8 Å². The average molecular weight is 386 g/mol. The molecule has 2 heterocycles. The van der Waals surface area contributed by atoms with Crippen LogP contribution in [0.1, 0.15) is 29.1 Å². The number of amides is 1. The summed E-state index contributed by atoms with van der Waals surface area (Å²) < 4.78 is 15.8. The van der Waals surface area contributed by atoms with Gasteiger partial charge in [0, 0.05) is 41.2 Å². The summed E-state index contributed by atoms with van der Waals surface area (Å²) in [5.74, 6) is 0.334.